The molecule has 8 heteroatoms. The van der Waals surface area contributed by atoms with Crippen LogP contribution in [0.15, 0.2) is 37.1 Å². The second-order valence-corrected chi connectivity index (χ2v) is 6.05. The summed E-state index contributed by atoms with van der Waals surface area (Å²) in [5.41, 5.74) is 1.06. The molecule has 1 amide bonds. The smallest absolute Gasteiger partial charge is 0.258 e. The number of nitrogens with zero attached hydrogens (tertiary/aromatic N) is 4. The lowest BCUT2D eigenvalue weighted by Crippen LogP contribution is -2.49. The number of pyridine rings is 1. The van der Waals surface area contributed by atoms with E-state index in [1.54, 1.807) is 30.9 Å². The van der Waals surface area contributed by atoms with E-state index in [1.165, 1.54) is 0 Å². The average Bonchev–Trinajstić information content (AvgIpc) is 3.04. The number of carbonyl (C=O) groups is 1. The molecule has 2 aromatic rings. The van der Waals surface area contributed by atoms with Crippen LogP contribution < -0.4 is 10.1 Å². The minimum atomic E-state index is -0.190. The standard InChI is InChI=1S/C17H23N5O3/c1-21-6-7-24-15(17(21)14-9-19-12-22(14)2)10-20-16(23)11-25-13-4-3-5-18-8-13/h3-5,8-9,12,15,17H,6-7,10-11H2,1-2H3,(H,20,23)/t15-,17-/m0/s1. The first-order valence-corrected chi connectivity index (χ1v) is 8.22. The van der Waals surface area contributed by atoms with Crippen molar-refractivity contribution >= 4 is 5.91 Å². The van der Waals surface area contributed by atoms with E-state index in [4.69, 9.17) is 9.47 Å². The summed E-state index contributed by atoms with van der Waals surface area (Å²) in [7, 11) is 4.02. The van der Waals surface area contributed by atoms with Gasteiger partial charge in [-0.2, -0.15) is 0 Å². The van der Waals surface area contributed by atoms with E-state index in [0.717, 1.165) is 12.2 Å². The van der Waals surface area contributed by atoms with Crippen LogP contribution in [0.5, 0.6) is 5.75 Å². The Balaban J connectivity index is 1.55. The fourth-order valence-electron chi connectivity index (χ4n) is 2.95. The maximum atomic E-state index is 12.1. The van der Waals surface area contributed by atoms with Crippen LogP contribution in [-0.4, -0.2) is 64.8 Å². The van der Waals surface area contributed by atoms with Crippen LogP contribution in [-0.2, 0) is 16.6 Å². The third-order valence-corrected chi connectivity index (χ3v) is 4.26. The van der Waals surface area contributed by atoms with Gasteiger partial charge in [-0.15, -0.1) is 0 Å². The third kappa shape index (κ3) is 4.34. The average molecular weight is 345 g/mol. The third-order valence-electron chi connectivity index (χ3n) is 4.26. The molecule has 3 heterocycles. The van der Waals surface area contributed by atoms with Gasteiger partial charge in [0.1, 0.15) is 5.75 Å². The van der Waals surface area contributed by atoms with Gasteiger partial charge in [0.15, 0.2) is 6.61 Å². The molecule has 0 unspecified atom stereocenters. The number of likely N-dealkylation sites (N-methyl/N-ethyl adjacent to an activating group) is 1. The highest BCUT2D eigenvalue weighted by Gasteiger charge is 2.33. The van der Waals surface area contributed by atoms with Gasteiger partial charge in [0, 0.05) is 32.5 Å². The molecule has 0 bridgehead atoms. The van der Waals surface area contributed by atoms with Gasteiger partial charge < -0.3 is 19.4 Å². The second kappa shape index (κ2) is 8.09. The molecular formula is C17H23N5O3. The van der Waals surface area contributed by atoms with Crippen molar-refractivity contribution in [2.24, 2.45) is 7.05 Å². The van der Waals surface area contributed by atoms with Crippen molar-refractivity contribution in [3.63, 3.8) is 0 Å². The molecule has 0 aromatic carbocycles. The molecule has 0 saturated carbocycles. The second-order valence-electron chi connectivity index (χ2n) is 6.05. The lowest BCUT2D eigenvalue weighted by molar-refractivity contribution is -0.125. The van der Waals surface area contributed by atoms with Crippen LogP contribution >= 0.6 is 0 Å². The van der Waals surface area contributed by atoms with Gasteiger partial charge in [0.05, 0.1) is 37.0 Å². The molecule has 1 aliphatic rings. The summed E-state index contributed by atoms with van der Waals surface area (Å²) in [6.45, 7) is 1.84. The van der Waals surface area contributed by atoms with E-state index < -0.39 is 0 Å². The van der Waals surface area contributed by atoms with E-state index in [-0.39, 0.29) is 24.7 Å². The minimum Gasteiger partial charge on any atom is -0.482 e. The zero-order valence-electron chi connectivity index (χ0n) is 14.5. The van der Waals surface area contributed by atoms with Gasteiger partial charge in [-0.05, 0) is 19.2 Å². The Kier molecular flexibility index (Phi) is 5.62. The normalized spacial score (nSPS) is 21.0. The number of ether oxygens (including phenoxy) is 2. The van der Waals surface area contributed by atoms with Crippen LogP contribution in [0.4, 0.5) is 0 Å². The Hall–Kier alpha value is -2.45. The first-order valence-electron chi connectivity index (χ1n) is 8.22. The van der Waals surface area contributed by atoms with E-state index >= 15 is 0 Å². The van der Waals surface area contributed by atoms with Gasteiger partial charge in [-0.1, -0.05) is 0 Å². The maximum absolute atomic E-state index is 12.1. The summed E-state index contributed by atoms with van der Waals surface area (Å²) in [5.74, 6) is 0.378. The fraction of sp³-hybridized carbons (Fsp3) is 0.471. The highest BCUT2D eigenvalue weighted by atomic mass is 16.5. The number of hydrogen-bond acceptors (Lipinski definition) is 6. The Bertz CT molecular complexity index is 691. The summed E-state index contributed by atoms with van der Waals surface area (Å²) in [4.78, 5) is 22.4. The number of rotatable bonds is 6. The quantitative estimate of drug-likeness (QED) is 0.815. The summed E-state index contributed by atoms with van der Waals surface area (Å²) >= 11 is 0. The Morgan fingerprint density at radius 1 is 1.40 bits per heavy atom. The summed E-state index contributed by atoms with van der Waals surface area (Å²) < 4.78 is 13.3. The zero-order chi connectivity index (χ0) is 17.6. The molecular weight excluding hydrogens is 322 g/mol. The van der Waals surface area contributed by atoms with Crippen molar-refractivity contribution in [3.8, 4) is 5.75 Å². The zero-order valence-corrected chi connectivity index (χ0v) is 14.5. The van der Waals surface area contributed by atoms with E-state index in [2.05, 4.69) is 27.2 Å². The molecule has 2 atom stereocenters. The molecule has 2 aromatic heterocycles. The van der Waals surface area contributed by atoms with Gasteiger partial charge in [-0.3, -0.25) is 14.7 Å². The van der Waals surface area contributed by atoms with Crippen LogP contribution in [0.2, 0.25) is 0 Å². The molecule has 1 N–H and O–H groups in total. The van der Waals surface area contributed by atoms with Gasteiger partial charge >= 0.3 is 0 Å². The van der Waals surface area contributed by atoms with Crippen molar-refractivity contribution < 1.29 is 14.3 Å². The highest BCUT2D eigenvalue weighted by Crippen LogP contribution is 2.27. The molecule has 8 nitrogen and oxygen atoms in total. The number of aryl methyl sites for hydroxylation is 1. The van der Waals surface area contributed by atoms with Crippen molar-refractivity contribution in [1.29, 1.82) is 0 Å². The molecule has 0 aliphatic carbocycles. The van der Waals surface area contributed by atoms with Crippen LogP contribution in [0.3, 0.4) is 0 Å². The summed E-state index contributed by atoms with van der Waals surface area (Å²) in [5, 5.41) is 2.89. The Morgan fingerprint density at radius 2 is 2.28 bits per heavy atom. The summed E-state index contributed by atoms with van der Waals surface area (Å²) in [6.07, 6.45) is 6.70. The van der Waals surface area contributed by atoms with Crippen LogP contribution in [0.25, 0.3) is 0 Å². The molecule has 25 heavy (non-hydrogen) atoms. The number of carbonyl (C=O) groups excluding carboxylic acids is 1. The molecule has 134 valence electrons. The maximum Gasteiger partial charge on any atom is 0.258 e. The first kappa shape index (κ1) is 17.4. The predicted octanol–water partition coefficient (Wildman–Crippen LogP) is 0.382. The van der Waals surface area contributed by atoms with Crippen LogP contribution in [0, 0.1) is 0 Å². The molecule has 0 radical (unpaired) electrons. The molecule has 1 saturated heterocycles. The number of amides is 1. The largest absolute Gasteiger partial charge is 0.482 e. The van der Waals surface area contributed by atoms with Gasteiger partial charge in [0.2, 0.25) is 0 Å². The number of aromatic nitrogens is 3. The Labute approximate surface area is 146 Å². The lowest BCUT2D eigenvalue weighted by atomic mass is 10.0. The topological polar surface area (TPSA) is 81.5 Å². The fourth-order valence-corrected chi connectivity index (χ4v) is 2.95. The number of hydrogen-bond donors (Lipinski definition) is 1. The van der Waals surface area contributed by atoms with Crippen LogP contribution in [0.1, 0.15) is 11.7 Å². The van der Waals surface area contributed by atoms with Crippen molar-refractivity contribution in [2.75, 3.05) is 33.4 Å². The lowest BCUT2D eigenvalue weighted by Gasteiger charge is -2.39. The van der Waals surface area contributed by atoms with Crippen molar-refractivity contribution in [3.05, 3.63) is 42.7 Å². The monoisotopic (exact) mass is 345 g/mol. The molecule has 1 fully saturated rings. The van der Waals surface area contributed by atoms with Gasteiger partial charge in [0.25, 0.3) is 5.91 Å². The molecule has 3 rings (SSSR count). The molecule has 1 aliphatic heterocycles. The number of nitrogens with one attached hydrogen (secondary N) is 1. The van der Waals surface area contributed by atoms with E-state index in [9.17, 15) is 4.79 Å². The summed E-state index contributed by atoms with van der Waals surface area (Å²) in [6, 6.07) is 3.57. The predicted molar refractivity (Wildman–Crippen MR) is 91.1 cm³/mol. The number of morpholine rings is 1. The first-order chi connectivity index (χ1) is 12.1. The van der Waals surface area contributed by atoms with Crippen molar-refractivity contribution in [2.45, 2.75) is 12.1 Å². The van der Waals surface area contributed by atoms with E-state index in [1.807, 2.05) is 17.8 Å². The van der Waals surface area contributed by atoms with Gasteiger partial charge in [-0.25, -0.2) is 4.98 Å². The minimum absolute atomic E-state index is 0.0424. The SMILES string of the molecule is CN1CCO[C@@H](CNC(=O)COc2cccnc2)[C@@H]1c1cncn1C. The Morgan fingerprint density at radius 3 is 3.00 bits per heavy atom. The van der Waals surface area contributed by atoms with E-state index in [0.29, 0.717) is 18.9 Å². The molecule has 0 spiro atoms. The van der Waals surface area contributed by atoms with Crippen molar-refractivity contribution in [1.82, 2.24) is 24.8 Å². The number of imidazole rings is 1. The highest BCUT2D eigenvalue weighted by molar-refractivity contribution is 5.77.